The Morgan fingerprint density at radius 2 is 1.94 bits per heavy atom. The van der Waals surface area contributed by atoms with Gasteiger partial charge in [-0.15, -0.1) is 0 Å². The molecule has 0 bridgehead atoms. The average Bonchev–Trinajstić information content (AvgIpc) is 2.92. The van der Waals surface area contributed by atoms with Gasteiger partial charge < -0.3 is 4.90 Å². The largest absolute Gasteiger partial charge is 0.305 e. The normalized spacial score (nSPS) is 32.1. The van der Waals surface area contributed by atoms with Crippen LogP contribution in [0, 0.1) is 5.92 Å². The number of hydrogen-bond acceptors (Lipinski definition) is 2. The lowest BCUT2D eigenvalue weighted by Crippen LogP contribution is -2.34. The molecular formula is C16H24N2. The lowest BCUT2D eigenvalue weighted by Gasteiger charge is -2.26. The minimum Gasteiger partial charge on any atom is -0.305 e. The van der Waals surface area contributed by atoms with Crippen molar-refractivity contribution in [3.63, 3.8) is 0 Å². The van der Waals surface area contributed by atoms with Gasteiger partial charge in [0.25, 0.3) is 0 Å². The third kappa shape index (κ3) is 1.98. The van der Waals surface area contributed by atoms with E-state index in [1.54, 1.807) is 11.1 Å². The molecule has 0 aromatic heterocycles. The maximum absolute atomic E-state index is 2.71. The van der Waals surface area contributed by atoms with Gasteiger partial charge in [0.15, 0.2) is 0 Å². The molecule has 0 N–H and O–H groups in total. The molecule has 18 heavy (non-hydrogen) atoms. The van der Waals surface area contributed by atoms with Gasteiger partial charge in [0.1, 0.15) is 0 Å². The van der Waals surface area contributed by atoms with Crippen LogP contribution in [0.15, 0.2) is 24.3 Å². The molecule has 0 radical (unpaired) electrons. The monoisotopic (exact) mass is 244 g/mol. The second-order valence-electron chi connectivity index (χ2n) is 6.22. The van der Waals surface area contributed by atoms with Crippen molar-refractivity contribution < 1.29 is 0 Å². The Kier molecular flexibility index (Phi) is 3.16. The molecule has 3 rings (SSSR count). The standard InChI is InChI=1S/C16H24N2/c1-12-10-18(11-16(12)17(2)3)15-9-8-13-6-4-5-7-14(13)15/h4-7,12,15-16H,8-11H2,1-3H3/t12-,15+,16-/m0/s1. The van der Waals surface area contributed by atoms with E-state index in [9.17, 15) is 0 Å². The third-order valence-corrected chi connectivity index (χ3v) is 4.81. The maximum atomic E-state index is 2.71. The summed E-state index contributed by atoms with van der Waals surface area (Å²) in [5.41, 5.74) is 3.16. The number of likely N-dealkylation sites (N-methyl/N-ethyl adjacent to an activating group) is 1. The van der Waals surface area contributed by atoms with Gasteiger partial charge in [0.05, 0.1) is 0 Å². The summed E-state index contributed by atoms with van der Waals surface area (Å²) in [6, 6.07) is 10.4. The Morgan fingerprint density at radius 3 is 2.67 bits per heavy atom. The van der Waals surface area contributed by atoms with Crippen molar-refractivity contribution in [2.45, 2.75) is 31.8 Å². The van der Waals surface area contributed by atoms with Crippen molar-refractivity contribution in [3.05, 3.63) is 35.4 Å². The Balaban J connectivity index is 1.78. The highest BCUT2D eigenvalue weighted by molar-refractivity contribution is 5.34. The molecule has 0 unspecified atom stereocenters. The van der Waals surface area contributed by atoms with Crippen LogP contribution >= 0.6 is 0 Å². The first-order chi connectivity index (χ1) is 8.66. The van der Waals surface area contributed by atoms with Gasteiger partial charge in [-0.3, -0.25) is 4.90 Å². The topological polar surface area (TPSA) is 6.48 Å². The SMILES string of the molecule is C[C@H]1CN([C@@H]2CCc3ccccc32)C[C@@H]1N(C)C. The minimum atomic E-state index is 0.675. The molecule has 3 atom stereocenters. The van der Waals surface area contributed by atoms with E-state index >= 15 is 0 Å². The first-order valence-electron chi connectivity index (χ1n) is 7.15. The Hall–Kier alpha value is -0.860. The van der Waals surface area contributed by atoms with E-state index in [1.807, 2.05) is 0 Å². The van der Waals surface area contributed by atoms with Gasteiger partial charge >= 0.3 is 0 Å². The van der Waals surface area contributed by atoms with Crippen LogP contribution in [-0.4, -0.2) is 43.0 Å². The van der Waals surface area contributed by atoms with Crippen molar-refractivity contribution in [2.24, 2.45) is 5.92 Å². The highest BCUT2D eigenvalue weighted by atomic mass is 15.3. The first-order valence-corrected chi connectivity index (χ1v) is 7.15. The quantitative estimate of drug-likeness (QED) is 0.789. The molecule has 1 heterocycles. The molecule has 2 aliphatic rings. The molecule has 1 aliphatic carbocycles. The summed E-state index contributed by atoms with van der Waals surface area (Å²) in [5.74, 6) is 0.785. The molecule has 2 heteroatoms. The molecule has 1 aromatic rings. The number of fused-ring (bicyclic) bond motifs is 1. The van der Waals surface area contributed by atoms with Crippen molar-refractivity contribution in [1.82, 2.24) is 9.80 Å². The average molecular weight is 244 g/mol. The number of benzene rings is 1. The van der Waals surface area contributed by atoms with Crippen LogP contribution in [-0.2, 0) is 6.42 Å². The lowest BCUT2D eigenvalue weighted by molar-refractivity contribution is 0.215. The summed E-state index contributed by atoms with van der Waals surface area (Å²) in [4.78, 5) is 5.10. The number of hydrogen-bond donors (Lipinski definition) is 0. The highest BCUT2D eigenvalue weighted by Gasteiger charge is 2.37. The fraction of sp³-hybridized carbons (Fsp3) is 0.625. The van der Waals surface area contributed by atoms with Crippen LogP contribution in [0.5, 0.6) is 0 Å². The fourth-order valence-corrected chi connectivity index (χ4v) is 3.83. The van der Waals surface area contributed by atoms with Crippen molar-refractivity contribution in [1.29, 1.82) is 0 Å². The molecular weight excluding hydrogens is 220 g/mol. The van der Waals surface area contributed by atoms with Crippen LogP contribution in [0.1, 0.15) is 30.5 Å². The third-order valence-electron chi connectivity index (χ3n) is 4.81. The Labute approximate surface area is 111 Å². The number of likely N-dealkylation sites (tertiary alicyclic amines) is 1. The van der Waals surface area contributed by atoms with Crippen LogP contribution in [0.2, 0.25) is 0 Å². The number of rotatable bonds is 2. The molecule has 2 nitrogen and oxygen atoms in total. The van der Waals surface area contributed by atoms with E-state index in [2.05, 4.69) is 55.1 Å². The van der Waals surface area contributed by atoms with Crippen LogP contribution in [0.25, 0.3) is 0 Å². The van der Waals surface area contributed by atoms with E-state index in [4.69, 9.17) is 0 Å². The molecule has 98 valence electrons. The maximum Gasteiger partial charge on any atom is 0.0354 e. The van der Waals surface area contributed by atoms with Gasteiger partial charge in [-0.25, -0.2) is 0 Å². The zero-order valence-corrected chi connectivity index (χ0v) is 11.8. The fourth-order valence-electron chi connectivity index (χ4n) is 3.83. The van der Waals surface area contributed by atoms with Crippen molar-refractivity contribution in [3.8, 4) is 0 Å². The summed E-state index contributed by atoms with van der Waals surface area (Å²) in [5, 5.41) is 0. The zero-order chi connectivity index (χ0) is 12.7. The van der Waals surface area contributed by atoms with Gasteiger partial charge in [0, 0.05) is 25.2 Å². The van der Waals surface area contributed by atoms with Gasteiger partial charge in [-0.1, -0.05) is 31.2 Å². The van der Waals surface area contributed by atoms with Crippen LogP contribution < -0.4 is 0 Å². The van der Waals surface area contributed by atoms with Crippen LogP contribution in [0.4, 0.5) is 0 Å². The lowest BCUT2D eigenvalue weighted by atomic mass is 10.1. The molecule has 0 spiro atoms. The molecule has 0 saturated carbocycles. The van der Waals surface area contributed by atoms with Crippen molar-refractivity contribution >= 4 is 0 Å². The smallest absolute Gasteiger partial charge is 0.0354 e. The zero-order valence-electron chi connectivity index (χ0n) is 11.8. The summed E-state index contributed by atoms with van der Waals surface area (Å²) >= 11 is 0. The summed E-state index contributed by atoms with van der Waals surface area (Å²) in [6.07, 6.45) is 2.57. The minimum absolute atomic E-state index is 0.675. The molecule has 0 amide bonds. The Morgan fingerprint density at radius 1 is 1.17 bits per heavy atom. The predicted molar refractivity (Wildman–Crippen MR) is 75.7 cm³/mol. The van der Waals surface area contributed by atoms with Crippen molar-refractivity contribution in [2.75, 3.05) is 27.2 Å². The molecule has 1 saturated heterocycles. The van der Waals surface area contributed by atoms with Crippen LogP contribution in [0.3, 0.4) is 0 Å². The van der Waals surface area contributed by atoms with E-state index in [0.29, 0.717) is 6.04 Å². The summed E-state index contributed by atoms with van der Waals surface area (Å²) < 4.78 is 0. The predicted octanol–water partition coefficient (Wildman–Crippen LogP) is 2.56. The van der Waals surface area contributed by atoms with Gasteiger partial charge in [0.2, 0.25) is 0 Å². The second kappa shape index (κ2) is 4.67. The van der Waals surface area contributed by atoms with Gasteiger partial charge in [-0.05, 0) is 44.0 Å². The highest BCUT2D eigenvalue weighted by Crippen LogP contribution is 2.38. The van der Waals surface area contributed by atoms with E-state index in [1.165, 1.54) is 25.9 Å². The summed E-state index contributed by atoms with van der Waals surface area (Å²) in [7, 11) is 4.43. The number of nitrogens with zero attached hydrogens (tertiary/aromatic N) is 2. The second-order valence-corrected chi connectivity index (χ2v) is 6.22. The summed E-state index contributed by atoms with van der Waals surface area (Å²) in [6.45, 7) is 4.88. The van der Waals surface area contributed by atoms with Gasteiger partial charge in [-0.2, -0.15) is 0 Å². The van der Waals surface area contributed by atoms with E-state index in [0.717, 1.165) is 12.0 Å². The van der Waals surface area contributed by atoms with E-state index in [-0.39, 0.29) is 0 Å². The van der Waals surface area contributed by atoms with E-state index < -0.39 is 0 Å². The molecule has 1 aromatic carbocycles. The molecule has 1 aliphatic heterocycles. The molecule has 1 fully saturated rings. The first kappa shape index (κ1) is 12.2. The number of aryl methyl sites for hydroxylation is 1. The Bertz CT molecular complexity index is 427.